The van der Waals surface area contributed by atoms with Gasteiger partial charge in [-0.25, -0.2) is 0 Å². The van der Waals surface area contributed by atoms with E-state index in [1.807, 2.05) is 23.1 Å². The van der Waals surface area contributed by atoms with Crippen molar-refractivity contribution in [3.05, 3.63) is 83.6 Å². The fourth-order valence-corrected chi connectivity index (χ4v) is 4.43. The van der Waals surface area contributed by atoms with Gasteiger partial charge in [0.15, 0.2) is 0 Å². The van der Waals surface area contributed by atoms with Crippen LogP contribution >= 0.6 is 0 Å². The molecule has 0 saturated carbocycles. The van der Waals surface area contributed by atoms with Gasteiger partial charge in [-0.05, 0) is 43.4 Å². The Morgan fingerprint density at radius 2 is 1.84 bits per heavy atom. The molecular weight excluding hydrogens is 470 g/mol. The summed E-state index contributed by atoms with van der Waals surface area (Å²) >= 11 is 0. The molecule has 0 spiro atoms. The van der Waals surface area contributed by atoms with Crippen molar-refractivity contribution in [2.24, 2.45) is 5.73 Å². The number of hydrogen-bond acceptors (Lipinski definition) is 6. The highest BCUT2D eigenvalue weighted by Gasteiger charge is 2.34. The summed E-state index contributed by atoms with van der Waals surface area (Å²) in [5.41, 5.74) is 8.01. The van der Waals surface area contributed by atoms with E-state index >= 15 is 0 Å². The van der Waals surface area contributed by atoms with Crippen LogP contribution in [0.3, 0.4) is 0 Å². The number of amides is 2. The molecule has 0 bridgehead atoms. The molecule has 0 radical (unpaired) electrons. The van der Waals surface area contributed by atoms with Crippen molar-refractivity contribution in [3.8, 4) is 0 Å². The molecule has 5 N–H and O–H groups in total. The minimum atomic E-state index is -0.517. The number of likely N-dealkylation sites (tertiary alicyclic amines) is 1. The molecule has 1 fully saturated rings. The lowest BCUT2D eigenvalue weighted by molar-refractivity contribution is -0.144. The minimum Gasteiger partial charge on any atom is -0.466 e. The number of amidine groups is 1. The molecule has 0 unspecified atom stereocenters. The highest BCUT2D eigenvalue weighted by molar-refractivity contribution is 5.98. The third-order valence-electron chi connectivity index (χ3n) is 6.46. The van der Waals surface area contributed by atoms with Crippen molar-refractivity contribution in [1.29, 1.82) is 5.41 Å². The van der Waals surface area contributed by atoms with Crippen LogP contribution in [0.1, 0.15) is 48.8 Å². The van der Waals surface area contributed by atoms with Crippen LogP contribution < -0.4 is 16.4 Å². The number of piperidine rings is 1. The number of rotatable bonds is 11. The molecule has 2 amide bonds. The maximum absolute atomic E-state index is 13.3. The van der Waals surface area contributed by atoms with Crippen LogP contribution in [0.15, 0.2) is 66.9 Å². The quantitative estimate of drug-likeness (QED) is 0.160. The van der Waals surface area contributed by atoms with E-state index in [1.165, 1.54) is 0 Å². The van der Waals surface area contributed by atoms with Gasteiger partial charge in [-0.1, -0.05) is 61.2 Å². The third-order valence-corrected chi connectivity index (χ3v) is 6.46. The van der Waals surface area contributed by atoms with Gasteiger partial charge in [-0.2, -0.15) is 0 Å². The van der Waals surface area contributed by atoms with Gasteiger partial charge in [-0.3, -0.25) is 24.7 Å². The van der Waals surface area contributed by atoms with Gasteiger partial charge in [0, 0.05) is 18.7 Å². The Morgan fingerprint density at radius 3 is 2.49 bits per heavy atom. The number of nitrogens with zero attached hydrogens (tertiary/aromatic N) is 1. The number of nitrogens with two attached hydrogens (primary N) is 1. The first kappa shape index (κ1) is 27.6. The zero-order valence-electron chi connectivity index (χ0n) is 21.2. The zero-order valence-corrected chi connectivity index (χ0v) is 21.2. The van der Waals surface area contributed by atoms with Crippen molar-refractivity contribution in [2.45, 2.75) is 44.7 Å². The van der Waals surface area contributed by atoms with E-state index in [4.69, 9.17) is 15.9 Å². The molecule has 9 heteroatoms. The summed E-state index contributed by atoms with van der Waals surface area (Å²) in [5.74, 6) is -0.948. The fraction of sp³-hybridized carbons (Fsp3) is 0.357. The fourth-order valence-electron chi connectivity index (χ4n) is 4.43. The first-order valence-corrected chi connectivity index (χ1v) is 12.4. The predicted octanol–water partition coefficient (Wildman–Crippen LogP) is 2.42. The average molecular weight is 506 g/mol. The molecule has 0 aliphatic carbocycles. The second-order valence-corrected chi connectivity index (χ2v) is 9.00. The number of ether oxygens (including phenoxy) is 1. The molecule has 3 rings (SSSR count). The number of nitrogens with one attached hydrogen (secondary N) is 3. The summed E-state index contributed by atoms with van der Waals surface area (Å²) < 4.78 is 5.05. The number of esters is 1. The lowest BCUT2D eigenvalue weighted by Crippen LogP contribution is -2.52. The van der Waals surface area contributed by atoms with Gasteiger partial charge in [0.2, 0.25) is 5.91 Å². The highest BCUT2D eigenvalue weighted by atomic mass is 16.5. The first-order chi connectivity index (χ1) is 17.8. The Morgan fingerprint density at radius 1 is 1.14 bits per heavy atom. The van der Waals surface area contributed by atoms with E-state index in [-0.39, 0.29) is 42.3 Å². The van der Waals surface area contributed by atoms with E-state index in [1.54, 1.807) is 31.2 Å². The topological polar surface area (TPSA) is 138 Å². The van der Waals surface area contributed by atoms with Gasteiger partial charge in [0.1, 0.15) is 5.84 Å². The summed E-state index contributed by atoms with van der Waals surface area (Å²) in [6.07, 6.45) is 1.62. The number of nitrogen functional groups attached to an aromatic ring is 1. The first-order valence-electron chi connectivity index (χ1n) is 12.4. The van der Waals surface area contributed by atoms with E-state index in [2.05, 4.69) is 29.3 Å². The Labute approximate surface area is 217 Å². The Balaban J connectivity index is 1.61. The summed E-state index contributed by atoms with van der Waals surface area (Å²) in [7, 11) is 0. The molecule has 1 saturated heterocycles. The third kappa shape index (κ3) is 8.01. The Bertz CT molecular complexity index is 1120. The minimum absolute atomic E-state index is 0.0276. The molecule has 2 aromatic carbocycles. The van der Waals surface area contributed by atoms with E-state index in [0.717, 1.165) is 17.5 Å². The van der Waals surface area contributed by atoms with Crippen LogP contribution in [0.5, 0.6) is 0 Å². The van der Waals surface area contributed by atoms with Crippen LogP contribution in [0.2, 0.25) is 0 Å². The van der Waals surface area contributed by atoms with Crippen LogP contribution in [-0.2, 0) is 25.7 Å². The van der Waals surface area contributed by atoms with Gasteiger partial charge in [0.05, 0.1) is 24.8 Å². The molecule has 1 aliphatic heterocycles. The average Bonchev–Trinajstić information content (AvgIpc) is 2.91. The molecule has 1 aliphatic rings. The smallest absolute Gasteiger partial charge is 0.307 e. The monoisotopic (exact) mass is 505 g/mol. The normalized spacial score (nSPS) is 17.4. The summed E-state index contributed by atoms with van der Waals surface area (Å²) in [4.78, 5) is 39.8. The number of benzene rings is 2. The van der Waals surface area contributed by atoms with Crippen molar-refractivity contribution in [2.75, 3.05) is 19.7 Å². The molecule has 2 aromatic rings. The van der Waals surface area contributed by atoms with Crippen molar-refractivity contribution in [3.63, 3.8) is 0 Å². The number of carbonyl (C=O) groups is 3. The predicted molar refractivity (Wildman–Crippen MR) is 142 cm³/mol. The maximum Gasteiger partial charge on any atom is 0.307 e. The lowest BCUT2D eigenvalue weighted by atomic mass is 9.85. The number of hydrogen-bond donors (Lipinski definition) is 4. The van der Waals surface area contributed by atoms with Crippen LogP contribution in [0, 0.1) is 5.41 Å². The van der Waals surface area contributed by atoms with Crippen LogP contribution in [0.25, 0.3) is 0 Å². The highest BCUT2D eigenvalue weighted by Crippen LogP contribution is 2.32. The lowest BCUT2D eigenvalue weighted by Gasteiger charge is -2.38. The van der Waals surface area contributed by atoms with Crippen molar-refractivity contribution < 1.29 is 19.1 Å². The second kappa shape index (κ2) is 13.4. The Hall–Kier alpha value is -3.98. The van der Waals surface area contributed by atoms with Gasteiger partial charge >= 0.3 is 5.97 Å². The standard InChI is InChI=1S/C28H35N5O4/c1-3-37-25(34)14-16-33-15-13-23(21-7-5-4-6-8-21)17-24(33)28(36)32-19(2)27(35)31-18-20-9-11-22(12-10-20)26(29)30/h4-12,23-24H,2-3,13-18H2,1H3,(H3,29,30)(H,31,35)(H,32,36)/t23-,24+/m0/s1. The van der Waals surface area contributed by atoms with E-state index in [0.29, 0.717) is 31.7 Å². The molecule has 1 heterocycles. The molecule has 196 valence electrons. The van der Waals surface area contributed by atoms with E-state index < -0.39 is 11.9 Å². The molecular formula is C28H35N5O4. The Kier molecular flexibility index (Phi) is 9.97. The summed E-state index contributed by atoms with van der Waals surface area (Å²) in [6.45, 7) is 7.11. The molecule has 37 heavy (non-hydrogen) atoms. The summed E-state index contributed by atoms with van der Waals surface area (Å²) in [5, 5.41) is 12.9. The van der Waals surface area contributed by atoms with Gasteiger partial charge in [-0.15, -0.1) is 0 Å². The van der Waals surface area contributed by atoms with Crippen LogP contribution in [0.4, 0.5) is 0 Å². The van der Waals surface area contributed by atoms with Crippen molar-refractivity contribution >= 4 is 23.6 Å². The SMILES string of the molecule is C=C(NC(=O)[C@H]1C[C@@H](c2ccccc2)CCN1CCC(=O)OCC)C(=O)NCc1ccc(C(=N)N)cc1. The molecule has 2 atom stereocenters. The molecule has 0 aromatic heterocycles. The van der Waals surface area contributed by atoms with Gasteiger partial charge in [0.25, 0.3) is 5.91 Å². The zero-order chi connectivity index (χ0) is 26.8. The van der Waals surface area contributed by atoms with Crippen LogP contribution in [-0.4, -0.2) is 54.3 Å². The molecule has 9 nitrogen and oxygen atoms in total. The second-order valence-electron chi connectivity index (χ2n) is 9.00. The van der Waals surface area contributed by atoms with E-state index in [9.17, 15) is 14.4 Å². The van der Waals surface area contributed by atoms with Gasteiger partial charge < -0.3 is 21.1 Å². The maximum atomic E-state index is 13.3. The largest absolute Gasteiger partial charge is 0.466 e. The number of carbonyl (C=O) groups excluding carboxylic acids is 3. The van der Waals surface area contributed by atoms with Crippen molar-refractivity contribution in [1.82, 2.24) is 15.5 Å². The summed E-state index contributed by atoms with van der Waals surface area (Å²) in [6, 6.07) is 16.5.